The van der Waals surface area contributed by atoms with Gasteiger partial charge in [-0.25, -0.2) is 0 Å². The molecule has 0 aliphatic rings. The molecule has 0 radical (unpaired) electrons. The van der Waals surface area contributed by atoms with Crippen molar-refractivity contribution >= 4 is 17.8 Å². The number of hydrogen-bond acceptors (Lipinski definition) is 7. The number of carbonyl (C=O) groups is 1. The molecule has 0 aliphatic heterocycles. The Kier molecular flexibility index (Phi) is 7.30. The molecule has 2 aromatic rings. The highest BCUT2D eigenvalue weighted by Gasteiger charge is 2.10. The molecule has 8 nitrogen and oxygen atoms in total. The maximum Gasteiger partial charge on any atom is 0.265 e. The second-order valence-corrected chi connectivity index (χ2v) is 5.21. The smallest absolute Gasteiger partial charge is 0.265 e. The summed E-state index contributed by atoms with van der Waals surface area (Å²) in [6.07, 6.45) is 1.45. The average Bonchev–Trinajstić information content (AvgIpc) is 2.70. The van der Waals surface area contributed by atoms with E-state index in [1.165, 1.54) is 27.5 Å². The molecule has 0 fully saturated rings. The van der Waals surface area contributed by atoms with E-state index in [2.05, 4.69) is 10.5 Å². The Morgan fingerprint density at radius 2 is 1.78 bits per heavy atom. The number of nitrogens with one attached hydrogen (secondary N) is 1. The highest BCUT2D eigenvalue weighted by molar-refractivity contribution is 5.93. The lowest BCUT2D eigenvalue weighted by Gasteiger charge is -2.11. The molecule has 27 heavy (non-hydrogen) atoms. The summed E-state index contributed by atoms with van der Waals surface area (Å²) in [5, 5.41) is 6.49. The lowest BCUT2D eigenvalue weighted by Crippen LogP contribution is -2.17. The molecule has 0 saturated heterocycles. The van der Waals surface area contributed by atoms with Crippen LogP contribution in [0.25, 0.3) is 0 Å². The van der Waals surface area contributed by atoms with Crippen molar-refractivity contribution in [2.75, 3.05) is 40.4 Å². The lowest BCUT2D eigenvalue weighted by molar-refractivity contribution is -0.120. The van der Waals surface area contributed by atoms with E-state index >= 15 is 0 Å². The minimum absolute atomic E-state index is 0.275. The predicted octanol–water partition coefficient (Wildman–Crippen LogP) is 2.71. The highest BCUT2D eigenvalue weighted by atomic mass is 16.6. The maximum atomic E-state index is 12.1. The van der Waals surface area contributed by atoms with Gasteiger partial charge in [-0.05, 0) is 24.3 Å². The summed E-state index contributed by atoms with van der Waals surface area (Å²) in [5.41, 5.74) is 1.13. The van der Waals surface area contributed by atoms with Gasteiger partial charge in [0.15, 0.2) is 18.1 Å². The Bertz CT molecular complexity index is 807. The van der Waals surface area contributed by atoms with E-state index in [1.54, 1.807) is 43.5 Å². The number of rotatable bonds is 9. The van der Waals surface area contributed by atoms with Crippen LogP contribution in [0.5, 0.6) is 23.0 Å². The topological polar surface area (TPSA) is 87.6 Å². The van der Waals surface area contributed by atoms with Gasteiger partial charge >= 0.3 is 0 Å². The molecule has 0 heterocycles. The fraction of sp³-hybridized carbons (Fsp3) is 0.263. The maximum absolute atomic E-state index is 12.1. The first-order chi connectivity index (χ1) is 13.1. The van der Waals surface area contributed by atoms with Crippen LogP contribution in [0.2, 0.25) is 0 Å². The number of methoxy groups -OCH3 is 4. The number of carbonyl (C=O) groups excluding carboxylic acids is 1. The van der Waals surface area contributed by atoms with Crippen molar-refractivity contribution in [3.05, 3.63) is 42.0 Å². The number of benzene rings is 2. The van der Waals surface area contributed by atoms with Crippen LogP contribution in [0.1, 0.15) is 5.56 Å². The first-order valence-corrected chi connectivity index (χ1v) is 8.01. The molecule has 0 unspecified atom stereocenters. The molecule has 8 heteroatoms. The number of amides is 1. The monoisotopic (exact) mass is 374 g/mol. The van der Waals surface area contributed by atoms with Gasteiger partial charge in [0.25, 0.3) is 5.91 Å². The first kappa shape index (κ1) is 19.9. The van der Waals surface area contributed by atoms with Gasteiger partial charge in [0.1, 0.15) is 11.5 Å². The highest BCUT2D eigenvalue weighted by Crippen LogP contribution is 2.30. The Hall–Kier alpha value is -3.42. The normalized spacial score (nSPS) is 10.4. The third-order valence-corrected chi connectivity index (χ3v) is 3.58. The first-order valence-electron chi connectivity index (χ1n) is 8.01. The SMILES string of the molecule is COc1ccc(OC)c(NC(=O)CO/N=C\c2cccc(OC)c2OC)c1. The molecule has 0 bridgehead atoms. The van der Waals surface area contributed by atoms with Crippen LogP contribution in [0, 0.1) is 0 Å². The van der Waals surface area contributed by atoms with E-state index in [-0.39, 0.29) is 6.61 Å². The van der Waals surface area contributed by atoms with Crippen LogP contribution in [0.15, 0.2) is 41.6 Å². The van der Waals surface area contributed by atoms with E-state index in [9.17, 15) is 4.79 Å². The zero-order valence-corrected chi connectivity index (χ0v) is 15.6. The summed E-state index contributed by atoms with van der Waals surface area (Å²) in [6.45, 7) is -0.275. The molecule has 2 aromatic carbocycles. The molecule has 0 spiro atoms. The lowest BCUT2D eigenvalue weighted by atomic mass is 10.2. The Labute approximate surface area is 157 Å². The quantitative estimate of drug-likeness (QED) is 0.536. The van der Waals surface area contributed by atoms with Crippen molar-refractivity contribution in [2.24, 2.45) is 5.16 Å². The molecule has 0 aromatic heterocycles. The molecule has 0 aliphatic carbocycles. The number of hydrogen-bond donors (Lipinski definition) is 1. The van der Waals surface area contributed by atoms with Crippen LogP contribution in [-0.4, -0.2) is 47.2 Å². The molecule has 0 saturated carbocycles. The number of nitrogens with zero attached hydrogens (tertiary/aromatic N) is 1. The van der Waals surface area contributed by atoms with Gasteiger partial charge in [-0.2, -0.15) is 0 Å². The van der Waals surface area contributed by atoms with E-state index in [0.29, 0.717) is 34.2 Å². The molecule has 2 rings (SSSR count). The summed E-state index contributed by atoms with van der Waals surface area (Å²) < 4.78 is 20.9. The molecule has 144 valence electrons. The molecular formula is C19H22N2O6. The average molecular weight is 374 g/mol. The van der Waals surface area contributed by atoms with Crippen molar-refractivity contribution in [2.45, 2.75) is 0 Å². The van der Waals surface area contributed by atoms with E-state index in [4.69, 9.17) is 23.8 Å². The fourth-order valence-corrected chi connectivity index (χ4v) is 2.30. The minimum atomic E-state index is -0.392. The van der Waals surface area contributed by atoms with Crippen molar-refractivity contribution in [3.8, 4) is 23.0 Å². The molecule has 1 N–H and O–H groups in total. The second kappa shape index (κ2) is 9.91. The van der Waals surface area contributed by atoms with Gasteiger partial charge < -0.3 is 29.1 Å². The molecular weight excluding hydrogens is 352 g/mol. The minimum Gasteiger partial charge on any atom is -0.497 e. The van der Waals surface area contributed by atoms with Gasteiger partial charge in [0.2, 0.25) is 0 Å². The third-order valence-electron chi connectivity index (χ3n) is 3.58. The van der Waals surface area contributed by atoms with Crippen LogP contribution < -0.4 is 24.3 Å². The summed E-state index contributed by atoms with van der Waals surface area (Å²) in [5.74, 6) is 1.81. The number of para-hydroxylation sites is 1. The predicted molar refractivity (Wildman–Crippen MR) is 101 cm³/mol. The standard InChI is InChI=1S/C19H22N2O6/c1-23-14-8-9-16(24-2)15(10-14)21-18(22)12-27-20-11-13-6-5-7-17(25-3)19(13)26-4/h5-11H,12H2,1-4H3,(H,21,22)/b20-11-. The zero-order valence-electron chi connectivity index (χ0n) is 15.6. The summed E-state index contributed by atoms with van der Waals surface area (Å²) in [6, 6.07) is 10.4. The largest absolute Gasteiger partial charge is 0.497 e. The number of anilines is 1. The van der Waals surface area contributed by atoms with E-state index < -0.39 is 5.91 Å². The van der Waals surface area contributed by atoms with Gasteiger partial charge in [0.05, 0.1) is 40.3 Å². The third kappa shape index (κ3) is 5.27. The van der Waals surface area contributed by atoms with E-state index in [0.717, 1.165) is 0 Å². The zero-order chi connectivity index (χ0) is 19.6. The molecule has 0 atom stereocenters. The van der Waals surface area contributed by atoms with Crippen molar-refractivity contribution in [1.29, 1.82) is 0 Å². The van der Waals surface area contributed by atoms with Crippen LogP contribution in [0.4, 0.5) is 5.69 Å². The van der Waals surface area contributed by atoms with Crippen molar-refractivity contribution in [1.82, 2.24) is 0 Å². The van der Waals surface area contributed by atoms with Crippen molar-refractivity contribution in [3.63, 3.8) is 0 Å². The summed E-state index contributed by atoms with van der Waals surface area (Å²) >= 11 is 0. The van der Waals surface area contributed by atoms with Gasteiger partial charge in [0, 0.05) is 11.6 Å². The second-order valence-electron chi connectivity index (χ2n) is 5.21. The van der Waals surface area contributed by atoms with Crippen LogP contribution in [0.3, 0.4) is 0 Å². The Morgan fingerprint density at radius 1 is 1.00 bits per heavy atom. The number of oxime groups is 1. The summed E-state index contributed by atoms with van der Waals surface area (Å²) in [7, 11) is 6.13. The number of ether oxygens (including phenoxy) is 4. The van der Waals surface area contributed by atoms with Gasteiger partial charge in [-0.15, -0.1) is 0 Å². The molecule has 1 amide bonds. The van der Waals surface area contributed by atoms with Crippen molar-refractivity contribution < 1.29 is 28.6 Å². The van der Waals surface area contributed by atoms with Crippen LogP contribution in [-0.2, 0) is 9.63 Å². The Morgan fingerprint density at radius 3 is 2.44 bits per heavy atom. The van der Waals surface area contributed by atoms with Gasteiger partial charge in [-0.1, -0.05) is 11.2 Å². The van der Waals surface area contributed by atoms with Gasteiger partial charge in [-0.3, -0.25) is 4.79 Å². The fourth-order valence-electron chi connectivity index (χ4n) is 2.30. The van der Waals surface area contributed by atoms with E-state index in [1.807, 2.05) is 0 Å². The Balaban J connectivity index is 1.96. The van der Waals surface area contributed by atoms with Crippen LogP contribution >= 0.6 is 0 Å². The summed E-state index contributed by atoms with van der Waals surface area (Å²) in [4.78, 5) is 17.1.